The molecular formula is C29H32ClNO5. The van der Waals surface area contributed by atoms with Crippen molar-refractivity contribution in [1.29, 1.82) is 0 Å². The quantitative estimate of drug-likeness (QED) is 0.457. The highest BCUT2D eigenvalue weighted by molar-refractivity contribution is 6.30. The molecule has 2 aliphatic rings. The fraction of sp³-hybridized carbons (Fsp3) is 0.379. The molecule has 1 N–H and O–H groups in total. The molecule has 1 aliphatic heterocycles. The van der Waals surface area contributed by atoms with E-state index in [-0.39, 0.29) is 17.8 Å². The number of benzene rings is 2. The predicted molar refractivity (Wildman–Crippen MR) is 139 cm³/mol. The van der Waals surface area contributed by atoms with Gasteiger partial charge in [-0.05, 0) is 68.0 Å². The van der Waals surface area contributed by atoms with Crippen LogP contribution < -0.4 is 14.8 Å². The molecule has 2 aromatic carbocycles. The van der Waals surface area contributed by atoms with Gasteiger partial charge in [0.05, 0.1) is 25.9 Å². The van der Waals surface area contributed by atoms with Gasteiger partial charge in [0.25, 0.3) is 0 Å². The molecule has 0 spiro atoms. The van der Waals surface area contributed by atoms with Crippen molar-refractivity contribution in [1.82, 2.24) is 5.32 Å². The Labute approximate surface area is 217 Å². The SMILES string of the molecule is CC[C@H](C)OC(=O)C1=C(C)NC2=C(C(=O)C[C@@H](c3ccc(OC)c(OC)c3)C2)[C@H]1c1cccc(Cl)c1. The summed E-state index contributed by atoms with van der Waals surface area (Å²) in [5.74, 6) is 0.265. The van der Waals surface area contributed by atoms with E-state index in [1.807, 2.05) is 57.2 Å². The fourth-order valence-electron chi connectivity index (χ4n) is 5.00. The molecule has 7 heteroatoms. The third-order valence-electron chi connectivity index (χ3n) is 6.99. The second-order valence-electron chi connectivity index (χ2n) is 9.31. The van der Waals surface area contributed by atoms with Crippen LogP contribution in [0, 0.1) is 0 Å². The number of hydrogen-bond acceptors (Lipinski definition) is 6. The van der Waals surface area contributed by atoms with E-state index in [4.69, 9.17) is 25.8 Å². The van der Waals surface area contributed by atoms with Crippen molar-refractivity contribution in [3.63, 3.8) is 0 Å². The number of ketones is 1. The number of rotatable bonds is 7. The van der Waals surface area contributed by atoms with Crippen LogP contribution in [0.25, 0.3) is 0 Å². The molecule has 0 amide bonds. The van der Waals surface area contributed by atoms with E-state index in [2.05, 4.69) is 5.32 Å². The lowest BCUT2D eigenvalue weighted by Gasteiger charge is -2.37. The van der Waals surface area contributed by atoms with Gasteiger partial charge in [-0.25, -0.2) is 4.79 Å². The lowest BCUT2D eigenvalue weighted by atomic mass is 9.71. The maximum atomic E-state index is 13.8. The standard InChI is InChI=1S/C29H32ClNO5/c1-6-16(2)36-29(33)26-17(3)31-22-13-20(18-10-11-24(34-4)25(15-18)35-5)14-23(32)28(22)27(26)19-8-7-9-21(30)12-19/h7-12,15-16,20,27,31H,6,13-14H2,1-5H3/t16-,20-,27-/m0/s1. The number of esters is 1. The molecule has 4 rings (SSSR count). The monoisotopic (exact) mass is 509 g/mol. The van der Waals surface area contributed by atoms with Crippen molar-refractivity contribution in [2.45, 2.75) is 58.0 Å². The Hall–Kier alpha value is -3.25. The van der Waals surface area contributed by atoms with E-state index in [9.17, 15) is 9.59 Å². The molecule has 1 heterocycles. The number of carbonyl (C=O) groups excluding carboxylic acids is 2. The zero-order chi connectivity index (χ0) is 26.0. The van der Waals surface area contributed by atoms with Gasteiger partial charge in [-0.15, -0.1) is 0 Å². The predicted octanol–water partition coefficient (Wildman–Crippen LogP) is 6.06. The Morgan fingerprint density at radius 2 is 1.83 bits per heavy atom. The Kier molecular flexibility index (Phi) is 7.74. The van der Waals surface area contributed by atoms with Gasteiger partial charge in [-0.1, -0.05) is 36.7 Å². The first-order valence-corrected chi connectivity index (χ1v) is 12.6. The molecule has 6 nitrogen and oxygen atoms in total. The summed E-state index contributed by atoms with van der Waals surface area (Å²) in [5.41, 5.74) is 4.37. The van der Waals surface area contributed by atoms with Crippen LogP contribution in [0.15, 0.2) is 65.0 Å². The third-order valence-corrected chi connectivity index (χ3v) is 7.23. The van der Waals surface area contributed by atoms with Gasteiger partial charge in [0.1, 0.15) is 0 Å². The number of hydrogen-bond donors (Lipinski definition) is 1. The van der Waals surface area contributed by atoms with Gasteiger partial charge in [0.2, 0.25) is 0 Å². The summed E-state index contributed by atoms with van der Waals surface area (Å²) in [7, 11) is 3.19. The largest absolute Gasteiger partial charge is 0.493 e. The maximum Gasteiger partial charge on any atom is 0.337 e. The zero-order valence-corrected chi connectivity index (χ0v) is 22.1. The highest BCUT2D eigenvalue weighted by Crippen LogP contribution is 2.46. The van der Waals surface area contributed by atoms with E-state index in [0.29, 0.717) is 52.6 Å². The molecule has 0 saturated heterocycles. The fourth-order valence-corrected chi connectivity index (χ4v) is 5.20. The molecule has 0 bridgehead atoms. The minimum Gasteiger partial charge on any atom is -0.493 e. The highest BCUT2D eigenvalue weighted by atomic mass is 35.5. The van der Waals surface area contributed by atoms with Crippen LogP contribution in [0.4, 0.5) is 0 Å². The number of dihydropyridines is 1. The molecule has 0 aromatic heterocycles. The highest BCUT2D eigenvalue weighted by Gasteiger charge is 2.41. The van der Waals surface area contributed by atoms with Crippen LogP contribution in [-0.4, -0.2) is 32.1 Å². The van der Waals surface area contributed by atoms with Crippen LogP contribution >= 0.6 is 11.6 Å². The van der Waals surface area contributed by atoms with E-state index < -0.39 is 11.9 Å². The van der Waals surface area contributed by atoms with Gasteiger partial charge >= 0.3 is 5.97 Å². The van der Waals surface area contributed by atoms with Crippen molar-refractivity contribution in [3.8, 4) is 11.5 Å². The van der Waals surface area contributed by atoms with E-state index in [0.717, 1.165) is 16.8 Å². The number of methoxy groups -OCH3 is 2. The molecule has 0 unspecified atom stereocenters. The second-order valence-corrected chi connectivity index (χ2v) is 9.75. The molecule has 3 atom stereocenters. The van der Waals surface area contributed by atoms with Gasteiger partial charge in [-0.3, -0.25) is 4.79 Å². The Morgan fingerprint density at radius 3 is 2.50 bits per heavy atom. The van der Waals surface area contributed by atoms with E-state index >= 15 is 0 Å². The zero-order valence-electron chi connectivity index (χ0n) is 21.3. The minimum atomic E-state index is -0.546. The first kappa shape index (κ1) is 25.8. The van der Waals surface area contributed by atoms with Crippen molar-refractivity contribution < 1.29 is 23.8 Å². The number of halogens is 1. The summed E-state index contributed by atoms with van der Waals surface area (Å²) < 4.78 is 16.6. The van der Waals surface area contributed by atoms with Crippen LogP contribution in [0.3, 0.4) is 0 Å². The molecular weight excluding hydrogens is 478 g/mol. The number of nitrogens with one attached hydrogen (secondary N) is 1. The lowest BCUT2D eigenvalue weighted by Crippen LogP contribution is -2.36. The normalized spacial score (nSPS) is 20.4. The van der Waals surface area contributed by atoms with Crippen LogP contribution in [0.2, 0.25) is 5.02 Å². The Bertz CT molecular complexity index is 1250. The number of allylic oxidation sites excluding steroid dienone is 3. The third kappa shape index (κ3) is 5.00. The summed E-state index contributed by atoms with van der Waals surface area (Å²) in [6.07, 6.45) is 1.41. The molecule has 2 aromatic rings. The minimum absolute atomic E-state index is 0.00477. The Balaban J connectivity index is 1.76. The smallest absolute Gasteiger partial charge is 0.337 e. The average molecular weight is 510 g/mol. The number of ether oxygens (including phenoxy) is 3. The van der Waals surface area contributed by atoms with Crippen molar-refractivity contribution in [2.75, 3.05) is 14.2 Å². The van der Waals surface area contributed by atoms with Gasteiger partial charge < -0.3 is 19.5 Å². The first-order chi connectivity index (χ1) is 17.3. The first-order valence-electron chi connectivity index (χ1n) is 12.2. The summed E-state index contributed by atoms with van der Waals surface area (Å²) >= 11 is 6.33. The van der Waals surface area contributed by atoms with Crippen LogP contribution in [-0.2, 0) is 14.3 Å². The number of Topliss-reactive ketones (excluding diaryl/α,β-unsaturated/α-hetero) is 1. The molecule has 1 aliphatic carbocycles. The summed E-state index contributed by atoms with van der Waals surface area (Å²) in [6, 6.07) is 13.1. The van der Waals surface area contributed by atoms with Crippen molar-refractivity contribution in [2.24, 2.45) is 0 Å². The Morgan fingerprint density at radius 1 is 1.08 bits per heavy atom. The van der Waals surface area contributed by atoms with Gasteiger partial charge in [-0.2, -0.15) is 0 Å². The summed E-state index contributed by atoms with van der Waals surface area (Å²) in [4.78, 5) is 27.1. The molecule has 190 valence electrons. The van der Waals surface area contributed by atoms with Crippen LogP contribution in [0.1, 0.15) is 63.0 Å². The lowest BCUT2D eigenvalue weighted by molar-refractivity contribution is -0.144. The van der Waals surface area contributed by atoms with Crippen molar-refractivity contribution >= 4 is 23.4 Å². The van der Waals surface area contributed by atoms with E-state index in [1.165, 1.54) is 0 Å². The molecule has 0 fully saturated rings. The van der Waals surface area contributed by atoms with Gasteiger partial charge in [0.15, 0.2) is 17.3 Å². The number of carbonyl (C=O) groups is 2. The topological polar surface area (TPSA) is 73.9 Å². The second kappa shape index (κ2) is 10.8. The molecule has 0 saturated carbocycles. The van der Waals surface area contributed by atoms with Crippen LogP contribution in [0.5, 0.6) is 11.5 Å². The van der Waals surface area contributed by atoms with E-state index in [1.54, 1.807) is 20.3 Å². The average Bonchev–Trinajstić information content (AvgIpc) is 2.86. The summed E-state index contributed by atoms with van der Waals surface area (Å²) in [5, 5.41) is 3.93. The van der Waals surface area contributed by atoms with Crippen molar-refractivity contribution in [3.05, 3.63) is 81.2 Å². The van der Waals surface area contributed by atoms with Gasteiger partial charge in [0, 0.05) is 34.3 Å². The molecule has 0 radical (unpaired) electrons. The maximum absolute atomic E-state index is 13.8. The summed E-state index contributed by atoms with van der Waals surface area (Å²) in [6.45, 7) is 5.69. The molecule has 36 heavy (non-hydrogen) atoms.